The summed E-state index contributed by atoms with van der Waals surface area (Å²) in [5.74, 6) is 0.765. The molecule has 1 aliphatic rings. The summed E-state index contributed by atoms with van der Waals surface area (Å²) in [7, 11) is 0. The van der Waals surface area contributed by atoms with Crippen LogP contribution in [0.4, 0.5) is 0 Å². The second-order valence-corrected chi connectivity index (χ2v) is 9.21. The quantitative estimate of drug-likeness (QED) is 0.507. The summed E-state index contributed by atoms with van der Waals surface area (Å²) in [6.45, 7) is 7.35. The van der Waals surface area contributed by atoms with E-state index >= 15 is 0 Å². The summed E-state index contributed by atoms with van der Waals surface area (Å²) in [6.07, 6.45) is 3.71. The van der Waals surface area contributed by atoms with Crippen LogP contribution >= 0.6 is 0 Å². The fraction of sp³-hybridized carbons (Fsp3) is 0.345. The minimum atomic E-state index is -0.0219. The Kier molecular flexibility index (Phi) is 7.39. The predicted octanol–water partition coefficient (Wildman–Crippen LogP) is 5.94. The monoisotopic (exact) mass is 426 g/mol. The van der Waals surface area contributed by atoms with Crippen molar-refractivity contribution in [3.05, 3.63) is 107 Å². The molecule has 32 heavy (non-hydrogen) atoms. The number of hydrogen-bond donors (Lipinski definition) is 1. The highest BCUT2D eigenvalue weighted by Crippen LogP contribution is 2.23. The number of nitrogens with one attached hydrogen (secondary N) is 1. The van der Waals surface area contributed by atoms with Crippen molar-refractivity contribution in [3.63, 3.8) is 0 Å². The number of carbonyl (C=O) groups is 1. The molecule has 3 aromatic rings. The summed E-state index contributed by atoms with van der Waals surface area (Å²) in [4.78, 5) is 15.2. The van der Waals surface area contributed by atoms with E-state index in [9.17, 15) is 4.79 Å². The molecule has 1 heterocycles. The maximum Gasteiger partial charge on any atom is 0.251 e. The first-order chi connectivity index (χ1) is 15.6. The number of nitrogens with zero attached hydrogens (tertiary/aromatic N) is 1. The second-order valence-electron chi connectivity index (χ2n) is 9.21. The Labute approximate surface area is 192 Å². The van der Waals surface area contributed by atoms with E-state index in [-0.39, 0.29) is 11.9 Å². The van der Waals surface area contributed by atoms with Crippen LogP contribution in [0.25, 0.3) is 0 Å². The molecule has 4 rings (SSSR count). The van der Waals surface area contributed by atoms with Crippen LogP contribution in [0, 0.1) is 12.8 Å². The molecule has 1 atom stereocenters. The zero-order chi connectivity index (χ0) is 22.3. The number of carbonyl (C=O) groups excluding carboxylic acids is 1. The molecular formula is C29H34N2O. The zero-order valence-electron chi connectivity index (χ0n) is 19.3. The van der Waals surface area contributed by atoms with Crippen LogP contribution in [0.1, 0.15) is 58.4 Å². The van der Waals surface area contributed by atoms with E-state index in [2.05, 4.69) is 83.9 Å². The highest BCUT2D eigenvalue weighted by molar-refractivity contribution is 5.94. The molecule has 0 saturated carbocycles. The minimum Gasteiger partial charge on any atom is -0.346 e. The fourth-order valence-corrected chi connectivity index (χ4v) is 4.53. The molecule has 0 spiro atoms. The summed E-state index contributed by atoms with van der Waals surface area (Å²) in [5, 5.41) is 3.11. The highest BCUT2D eigenvalue weighted by atomic mass is 16.1. The molecule has 3 nitrogen and oxygen atoms in total. The van der Waals surface area contributed by atoms with E-state index in [0.717, 1.165) is 31.1 Å². The smallest absolute Gasteiger partial charge is 0.251 e. The van der Waals surface area contributed by atoms with Gasteiger partial charge in [0, 0.05) is 12.1 Å². The van der Waals surface area contributed by atoms with Crippen LogP contribution in [-0.4, -0.2) is 23.9 Å². The molecule has 1 N–H and O–H groups in total. The lowest BCUT2D eigenvalue weighted by molar-refractivity contribution is 0.0940. The van der Waals surface area contributed by atoms with Gasteiger partial charge in [-0.2, -0.15) is 0 Å². The van der Waals surface area contributed by atoms with Gasteiger partial charge < -0.3 is 5.32 Å². The third-order valence-corrected chi connectivity index (χ3v) is 6.62. The maximum absolute atomic E-state index is 12.7. The van der Waals surface area contributed by atoms with Gasteiger partial charge in [0.15, 0.2) is 0 Å². The third kappa shape index (κ3) is 6.08. The molecule has 3 aromatic carbocycles. The van der Waals surface area contributed by atoms with Crippen LogP contribution in [0.15, 0.2) is 78.9 Å². The lowest BCUT2D eigenvalue weighted by atomic mass is 9.90. The Morgan fingerprint density at radius 2 is 1.56 bits per heavy atom. The Morgan fingerprint density at radius 1 is 0.906 bits per heavy atom. The van der Waals surface area contributed by atoms with Crippen LogP contribution in [0.2, 0.25) is 0 Å². The highest BCUT2D eigenvalue weighted by Gasteiger charge is 2.19. The normalized spacial score (nSPS) is 15.9. The van der Waals surface area contributed by atoms with Gasteiger partial charge in [-0.25, -0.2) is 0 Å². The average molecular weight is 427 g/mol. The number of piperidine rings is 1. The molecule has 166 valence electrons. The Balaban J connectivity index is 1.25. The number of likely N-dealkylation sites (tertiary alicyclic amines) is 1. The van der Waals surface area contributed by atoms with Crippen molar-refractivity contribution in [2.45, 2.75) is 45.7 Å². The first kappa shape index (κ1) is 22.3. The first-order valence-electron chi connectivity index (χ1n) is 11.8. The van der Waals surface area contributed by atoms with Crippen LogP contribution in [0.3, 0.4) is 0 Å². The number of benzene rings is 3. The van der Waals surface area contributed by atoms with Crippen LogP contribution in [0.5, 0.6) is 0 Å². The predicted molar refractivity (Wildman–Crippen MR) is 132 cm³/mol. The van der Waals surface area contributed by atoms with E-state index in [0.29, 0.717) is 5.56 Å². The number of rotatable bonds is 7. The van der Waals surface area contributed by atoms with Crippen molar-refractivity contribution in [3.8, 4) is 0 Å². The van der Waals surface area contributed by atoms with Gasteiger partial charge in [0.05, 0.1) is 6.04 Å². The topological polar surface area (TPSA) is 32.3 Å². The molecule has 1 fully saturated rings. The fourth-order valence-electron chi connectivity index (χ4n) is 4.53. The Morgan fingerprint density at radius 3 is 2.22 bits per heavy atom. The van der Waals surface area contributed by atoms with Crippen molar-refractivity contribution in [2.75, 3.05) is 13.1 Å². The summed E-state index contributed by atoms with van der Waals surface area (Å²) in [5.41, 5.74) is 5.79. The molecule has 0 bridgehead atoms. The lowest BCUT2D eigenvalue weighted by Gasteiger charge is -2.32. The molecule has 3 heteroatoms. The standard InChI is InChI=1S/C29H34N2O/c1-22-8-12-27(13-9-22)23(2)30-29(32)28-14-10-26(11-15-28)21-31-18-16-25(17-19-31)20-24-6-4-3-5-7-24/h3-15,23,25H,16-21H2,1-2H3,(H,30,32). The average Bonchev–Trinajstić information content (AvgIpc) is 2.82. The Hall–Kier alpha value is -2.91. The summed E-state index contributed by atoms with van der Waals surface area (Å²) in [6, 6.07) is 27.2. The van der Waals surface area contributed by atoms with Gasteiger partial charge >= 0.3 is 0 Å². The number of hydrogen-bond acceptors (Lipinski definition) is 2. The summed E-state index contributed by atoms with van der Waals surface area (Å²) >= 11 is 0. The first-order valence-corrected chi connectivity index (χ1v) is 11.8. The molecular weight excluding hydrogens is 392 g/mol. The number of aryl methyl sites for hydroxylation is 1. The van der Waals surface area contributed by atoms with Gasteiger partial charge in [-0.05, 0) is 80.9 Å². The number of amides is 1. The molecule has 0 radical (unpaired) electrons. The van der Waals surface area contributed by atoms with Crippen molar-refractivity contribution in [1.82, 2.24) is 10.2 Å². The van der Waals surface area contributed by atoms with Crippen LogP contribution < -0.4 is 5.32 Å². The van der Waals surface area contributed by atoms with Gasteiger partial charge in [0.1, 0.15) is 0 Å². The van der Waals surface area contributed by atoms with E-state index in [1.165, 1.54) is 36.0 Å². The largest absolute Gasteiger partial charge is 0.346 e. The molecule has 1 aliphatic heterocycles. The molecule has 0 aliphatic carbocycles. The van der Waals surface area contributed by atoms with Crippen molar-refractivity contribution < 1.29 is 4.79 Å². The SMILES string of the molecule is Cc1ccc(C(C)NC(=O)c2ccc(CN3CCC(Cc4ccccc4)CC3)cc2)cc1. The molecule has 1 saturated heterocycles. The van der Waals surface area contributed by atoms with Crippen molar-refractivity contribution in [1.29, 1.82) is 0 Å². The van der Waals surface area contributed by atoms with Gasteiger partial charge in [0.25, 0.3) is 5.91 Å². The zero-order valence-corrected chi connectivity index (χ0v) is 19.3. The minimum absolute atomic E-state index is 0.0139. The molecule has 1 amide bonds. The second kappa shape index (κ2) is 10.6. The van der Waals surface area contributed by atoms with Gasteiger partial charge in [0.2, 0.25) is 0 Å². The molecule has 0 aromatic heterocycles. The maximum atomic E-state index is 12.7. The van der Waals surface area contributed by atoms with Gasteiger partial charge in [-0.3, -0.25) is 9.69 Å². The van der Waals surface area contributed by atoms with E-state index in [1.54, 1.807) is 0 Å². The van der Waals surface area contributed by atoms with Gasteiger partial charge in [-0.15, -0.1) is 0 Å². The van der Waals surface area contributed by atoms with E-state index in [4.69, 9.17) is 0 Å². The lowest BCUT2D eigenvalue weighted by Crippen LogP contribution is -2.33. The van der Waals surface area contributed by atoms with Gasteiger partial charge in [-0.1, -0.05) is 72.3 Å². The van der Waals surface area contributed by atoms with E-state index < -0.39 is 0 Å². The third-order valence-electron chi connectivity index (χ3n) is 6.62. The van der Waals surface area contributed by atoms with E-state index in [1.807, 2.05) is 19.1 Å². The Bertz CT molecular complexity index is 988. The van der Waals surface area contributed by atoms with Crippen LogP contribution in [-0.2, 0) is 13.0 Å². The van der Waals surface area contributed by atoms with Crippen molar-refractivity contribution >= 4 is 5.91 Å². The molecule has 1 unspecified atom stereocenters. The summed E-state index contributed by atoms with van der Waals surface area (Å²) < 4.78 is 0. The van der Waals surface area contributed by atoms with Crippen molar-refractivity contribution in [2.24, 2.45) is 5.92 Å².